The molecule has 1 rings (SSSR count). The van der Waals surface area contributed by atoms with Crippen molar-refractivity contribution in [2.24, 2.45) is 0 Å². The Kier molecular flexibility index (Phi) is 5.19. The fraction of sp³-hybridized carbons (Fsp3) is 0.400. The number of benzene rings is 1. The van der Waals surface area contributed by atoms with E-state index in [4.69, 9.17) is 5.73 Å². The monoisotopic (exact) mass is 274 g/mol. The minimum Gasteiger partial charge on any atom is -0.397 e. The summed E-state index contributed by atoms with van der Waals surface area (Å²) in [6, 6.07) is 5.86. The van der Waals surface area contributed by atoms with Crippen molar-refractivity contribution in [3.8, 4) is 0 Å². The third kappa shape index (κ3) is 3.80. The zero-order valence-corrected chi connectivity index (χ0v) is 10.6. The van der Waals surface area contributed by atoms with E-state index in [1.807, 2.05) is 30.0 Å². The molecule has 1 aromatic carbocycles. The highest BCUT2D eigenvalue weighted by molar-refractivity contribution is 9.10. The Hall–Kier alpha value is -0.350. The summed E-state index contributed by atoms with van der Waals surface area (Å²) >= 11 is 5.28. The van der Waals surface area contributed by atoms with Gasteiger partial charge in [-0.05, 0) is 36.6 Å². The van der Waals surface area contributed by atoms with E-state index in [2.05, 4.69) is 27.5 Å². The lowest BCUT2D eigenvalue weighted by atomic mass is 10.2. The van der Waals surface area contributed by atoms with Gasteiger partial charge in [0.25, 0.3) is 0 Å². The Morgan fingerprint density at radius 2 is 2.29 bits per heavy atom. The molecule has 1 aromatic rings. The standard InChI is InChI=1S/C10H15BrN2S/c1-14-6-2-5-13-10-7-8(11)3-4-9(10)12/h3-4,7,13H,2,5-6,12H2,1H3. The van der Waals surface area contributed by atoms with Gasteiger partial charge in [-0.1, -0.05) is 15.9 Å². The van der Waals surface area contributed by atoms with Crippen LogP contribution in [0.4, 0.5) is 11.4 Å². The maximum absolute atomic E-state index is 5.82. The van der Waals surface area contributed by atoms with Gasteiger partial charge in [-0.15, -0.1) is 0 Å². The number of rotatable bonds is 5. The van der Waals surface area contributed by atoms with Crippen LogP contribution in [-0.4, -0.2) is 18.6 Å². The molecule has 78 valence electrons. The van der Waals surface area contributed by atoms with Gasteiger partial charge in [-0.2, -0.15) is 11.8 Å². The number of thioether (sulfide) groups is 1. The van der Waals surface area contributed by atoms with Crippen LogP contribution < -0.4 is 11.1 Å². The number of nitrogens with one attached hydrogen (secondary N) is 1. The molecule has 3 N–H and O–H groups in total. The third-order valence-electron chi connectivity index (χ3n) is 1.86. The lowest BCUT2D eigenvalue weighted by molar-refractivity contribution is 0.994. The minimum atomic E-state index is 0.803. The molecule has 0 unspecified atom stereocenters. The van der Waals surface area contributed by atoms with Crippen LogP contribution in [-0.2, 0) is 0 Å². The highest BCUT2D eigenvalue weighted by Crippen LogP contribution is 2.23. The first kappa shape index (κ1) is 11.7. The summed E-state index contributed by atoms with van der Waals surface area (Å²) in [5.74, 6) is 1.18. The van der Waals surface area contributed by atoms with Crippen LogP contribution >= 0.6 is 27.7 Å². The molecule has 0 amide bonds. The first-order chi connectivity index (χ1) is 6.74. The Balaban J connectivity index is 2.45. The van der Waals surface area contributed by atoms with E-state index < -0.39 is 0 Å². The van der Waals surface area contributed by atoms with E-state index in [0.29, 0.717) is 0 Å². The molecule has 0 saturated carbocycles. The number of halogens is 1. The second-order valence-corrected chi connectivity index (χ2v) is 4.91. The molecular formula is C10H15BrN2S. The lowest BCUT2D eigenvalue weighted by Crippen LogP contribution is -2.04. The Morgan fingerprint density at radius 1 is 1.50 bits per heavy atom. The van der Waals surface area contributed by atoms with Crippen molar-refractivity contribution >= 4 is 39.1 Å². The predicted octanol–water partition coefficient (Wildman–Crippen LogP) is 3.20. The third-order valence-corrected chi connectivity index (χ3v) is 3.05. The van der Waals surface area contributed by atoms with Crippen molar-refractivity contribution in [3.63, 3.8) is 0 Å². The topological polar surface area (TPSA) is 38.0 Å². The molecule has 2 nitrogen and oxygen atoms in total. The normalized spacial score (nSPS) is 10.1. The van der Waals surface area contributed by atoms with Crippen molar-refractivity contribution in [2.45, 2.75) is 6.42 Å². The molecule has 0 heterocycles. The molecule has 0 bridgehead atoms. The molecule has 0 radical (unpaired) electrons. The Labute approximate surface area is 97.8 Å². The van der Waals surface area contributed by atoms with E-state index in [1.165, 1.54) is 5.75 Å². The van der Waals surface area contributed by atoms with E-state index in [0.717, 1.165) is 28.8 Å². The smallest absolute Gasteiger partial charge is 0.0585 e. The SMILES string of the molecule is CSCCCNc1cc(Br)ccc1N. The van der Waals surface area contributed by atoms with Crippen LogP contribution in [0.5, 0.6) is 0 Å². The summed E-state index contributed by atoms with van der Waals surface area (Å²) < 4.78 is 1.05. The minimum absolute atomic E-state index is 0.803. The van der Waals surface area contributed by atoms with Crippen molar-refractivity contribution in [1.29, 1.82) is 0 Å². The number of nitrogen functional groups attached to an aromatic ring is 1. The zero-order valence-electron chi connectivity index (χ0n) is 8.22. The Morgan fingerprint density at radius 3 is 3.00 bits per heavy atom. The van der Waals surface area contributed by atoms with Crippen LogP contribution in [0, 0.1) is 0 Å². The second-order valence-electron chi connectivity index (χ2n) is 3.00. The highest BCUT2D eigenvalue weighted by atomic mass is 79.9. The summed E-state index contributed by atoms with van der Waals surface area (Å²) in [7, 11) is 0. The number of hydrogen-bond donors (Lipinski definition) is 2. The van der Waals surface area contributed by atoms with Gasteiger partial charge in [0.05, 0.1) is 11.4 Å². The lowest BCUT2D eigenvalue weighted by Gasteiger charge is -2.09. The molecule has 0 aliphatic carbocycles. The van der Waals surface area contributed by atoms with E-state index >= 15 is 0 Å². The van der Waals surface area contributed by atoms with Gasteiger partial charge >= 0.3 is 0 Å². The fourth-order valence-electron chi connectivity index (χ4n) is 1.12. The summed E-state index contributed by atoms with van der Waals surface area (Å²) in [6.07, 6.45) is 3.28. The molecule has 0 saturated heterocycles. The van der Waals surface area contributed by atoms with Crippen molar-refractivity contribution in [1.82, 2.24) is 0 Å². The molecule has 0 aliphatic heterocycles. The zero-order chi connectivity index (χ0) is 10.4. The maximum atomic E-state index is 5.82. The van der Waals surface area contributed by atoms with Crippen LogP contribution in [0.1, 0.15) is 6.42 Å². The van der Waals surface area contributed by atoms with Crippen LogP contribution in [0.15, 0.2) is 22.7 Å². The van der Waals surface area contributed by atoms with Gasteiger partial charge in [0, 0.05) is 11.0 Å². The van der Waals surface area contributed by atoms with E-state index in [1.54, 1.807) is 0 Å². The average molecular weight is 275 g/mol. The summed E-state index contributed by atoms with van der Waals surface area (Å²) in [4.78, 5) is 0. The summed E-state index contributed by atoms with van der Waals surface area (Å²) in [6.45, 7) is 0.974. The van der Waals surface area contributed by atoms with Crippen LogP contribution in [0.3, 0.4) is 0 Å². The van der Waals surface area contributed by atoms with Gasteiger partial charge in [-0.3, -0.25) is 0 Å². The first-order valence-electron chi connectivity index (χ1n) is 4.52. The largest absolute Gasteiger partial charge is 0.397 e. The molecule has 14 heavy (non-hydrogen) atoms. The predicted molar refractivity (Wildman–Crippen MR) is 70.0 cm³/mol. The molecule has 0 atom stereocenters. The van der Waals surface area contributed by atoms with Crippen LogP contribution in [0.2, 0.25) is 0 Å². The quantitative estimate of drug-likeness (QED) is 0.640. The van der Waals surface area contributed by atoms with Crippen molar-refractivity contribution in [2.75, 3.05) is 29.6 Å². The molecule has 0 spiro atoms. The highest BCUT2D eigenvalue weighted by Gasteiger charge is 1.98. The summed E-state index contributed by atoms with van der Waals surface area (Å²) in [5, 5.41) is 3.32. The van der Waals surface area contributed by atoms with Crippen molar-refractivity contribution in [3.05, 3.63) is 22.7 Å². The van der Waals surface area contributed by atoms with Gasteiger partial charge in [0.2, 0.25) is 0 Å². The first-order valence-corrected chi connectivity index (χ1v) is 6.70. The van der Waals surface area contributed by atoms with Gasteiger partial charge in [-0.25, -0.2) is 0 Å². The maximum Gasteiger partial charge on any atom is 0.0585 e. The molecule has 4 heteroatoms. The molecule has 0 aliphatic rings. The second kappa shape index (κ2) is 6.19. The van der Waals surface area contributed by atoms with Gasteiger partial charge in [0.1, 0.15) is 0 Å². The van der Waals surface area contributed by atoms with E-state index in [9.17, 15) is 0 Å². The molecule has 0 aromatic heterocycles. The van der Waals surface area contributed by atoms with Crippen molar-refractivity contribution < 1.29 is 0 Å². The number of anilines is 2. The van der Waals surface area contributed by atoms with Crippen LogP contribution in [0.25, 0.3) is 0 Å². The molecular weight excluding hydrogens is 260 g/mol. The number of nitrogens with two attached hydrogens (primary N) is 1. The van der Waals surface area contributed by atoms with Gasteiger partial charge in [0.15, 0.2) is 0 Å². The number of hydrogen-bond acceptors (Lipinski definition) is 3. The van der Waals surface area contributed by atoms with E-state index in [-0.39, 0.29) is 0 Å². The summed E-state index contributed by atoms with van der Waals surface area (Å²) in [5.41, 5.74) is 7.63. The fourth-order valence-corrected chi connectivity index (χ4v) is 1.92. The van der Waals surface area contributed by atoms with Gasteiger partial charge < -0.3 is 11.1 Å². The average Bonchev–Trinajstić information content (AvgIpc) is 2.18. The molecule has 0 fully saturated rings. The Bertz CT molecular complexity index is 291.